The van der Waals surface area contributed by atoms with Gasteiger partial charge in [-0.05, 0) is 60.1 Å². The van der Waals surface area contributed by atoms with Crippen molar-refractivity contribution in [3.8, 4) is 0 Å². The Bertz CT molecular complexity index is 995. The molecule has 1 aliphatic heterocycles. The van der Waals surface area contributed by atoms with E-state index in [-0.39, 0.29) is 5.91 Å². The van der Waals surface area contributed by atoms with E-state index in [9.17, 15) is 4.79 Å². The van der Waals surface area contributed by atoms with Crippen LogP contribution >= 0.6 is 27.3 Å². The molecule has 7 heteroatoms. The number of nitrogens with zero attached hydrogens (tertiary/aromatic N) is 4. The van der Waals surface area contributed by atoms with E-state index in [0.29, 0.717) is 5.56 Å². The van der Waals surface area contributed by atoms with Crippen LogP contribution in [-0.2, 0) is 6.54 Å². The number of fused-ring (bicyclic) bond motifs is 1. The summed E-state index contributed by atoms with van der Waals surface area (Å²) in [4.78, 5) is 27.7. The second-order valence-electron chi connectivity index (χ2n) is 6.87. The van der Waals surface area contributed by atoms with Gasteiger partial charge in [-0.3, -0.25) is 9.69 Å². The summed E-state index contributed by atoms with van der Waals surface area (Å²) < 4.78 is 1.16. The number of amides is 1. The largest absolute Gasteiger partial charge is 0.336 e. The number of carbonyl (C=O) groups excluding carboxylic acids is 1. The molecule has 0 atom stereocenters. The lowest BCUT2D eigenvalue weighted by atomic mass is 10.1. The predicted molar refractivity (Wildman–Crippen MR) is 112 cm³/mol. The highest BCUT2D eigenvalue weighted by molar-refractivity contribution is 9.11. The van der Waals surface area contributed by atoms with Gasteiger partial charge in [0.2, 0.25) is 0 Å². The van der Waals surface area contributed by atoms with Crippen molar-refractivity contribution < 1.29 is 4.79 Å². The van der Waals surface area contributed by atoms with Crippen LogP contribution in [0.1, 0.15) is 26.6 Å². The summed E-state index contributed by atoms with van der Waals surface area (Å²) in [5, 5.41) is 0. The number of thiophene rings is 1. The molecule has 27 heavy (non-hydrogen) atoms. The first-order valence-electron chi connectivity index (χ1n) is 9.00. The molecule has 2 aromatic heterocycles. The van der Waals surface area contributed by atoms with Gasteiger partial charge in [-0.25, -0.2) is 9.97 Å². The van der Waals surface area contributed by atoms with Crippen LogP contribution in [0.2, 0.25) is 0 Å². The molecule has 4 rings (SSSR count). The van der Waals surface area contributed by atoms with E-state index in [1.807, 2.05) is 36.9 Å². The molecule has 140 valence electrons. The Balaban J connectivity index is 1.43. The van der Waals surface area contributed by atoms with Gasteiger partial charge in [0.05, 0.1) is 26.2 Å². The Labute approximate surface area is 171 Å². The van der Waals surface area contributed by atoms with Crippen LogP contribution in [0.5, 0.6) is 0 Å². The van der Waals surface area contributed by atoms with Gasteiger partial charge in [-0.2, -0.15) is 0 Å². The lowest BCUT2D eigenvalue weighted by Crippen LogP contribution is -2.48. The molecule has 5 nitrogen and oxygen atoms in total. The number of benzene rings is 1. The fraction of sp³-hybridized carbons (Fsp3) is 0.350. The van der Waals surface area contributed by atoms with Crippen molar-refractivity contribution in [1.29, 1.82) is 0 Å². The topological polar surface area (TPSA) is 49.3 Å². The number of piperazine rings is 1. The molecule has 3 heterocycles. The zero-order valence-corrected chi connectivity index (χ0v) is 17.8. The summed E-state index contributed by atoms with van der Waals surface area (Å²) in [5.41, 5.74) is 4.14. The first-order valence-corrected chi connectivity index (χ1v) is 10.6. The number of aromatic nitrogens is 2. The standard InChI is InChI=1S/C20H21BrN4OS/c1-13-14(2)23-18-11-15(3-5-17(18)22-13)20(26)25-9-7-24(8-10-25)12-16-4-6-19(21)27-16/h3-6,11H,7-10,12H2,1-2H3. The third-order valence-corrected chi connectivity index (χ3v) is 6.60. The van der Waals surface area contributed by atoms with Crippen LogP contribution in [0, 0.1) is 13.8 Å². The van der Waals surface area contributed by atoms with Crippen LogP contribution in [0.3, 0.4) is 0 Å². The zero-order valence-electron chi connectivity index (χ0n) is 15.4. The molecular weight excluding hydrogens is 424 g/mol. The van der Waals surface area contributed by atoms with Gasteiger partial charge in [0.1, 0.15) is 0 Å². The normalized spacial score (nSPS) is 15.4. The van der Waals surface area contributed by atoms with Gasteiger partial charge in [0, 0.05) is 43.2 Å². The van der Waals surface area contributed by atoms with Crippen LogP contribution in [0.25, 0.3) is 11.0 Å². The Morgan fingerprint density at radius 2 is 1.74 bits per heavy atom. The van der Waals surface area contributed by atoms with Crippen molar-refractivity contribution in [3.63, 3.8) is 0 Å². The first kappa shape index (κ1) is 18.5. The minimum absolute atomic E-state index is 0.0791. The molecule has 1 aliphatic rings. The summed E-state index contributed by atoms with van der Waals surface area (Å²) in [6.07, 6.45) is 0. The van der Waals surface area contributed by atoms with Crippen LogP contribution in [0.4, 0.5) is 0 Å². The molecule has 0 unspecified atom stereocenters. The fourth-order valence-corrected chi connectivity index (χ4v) is 4.84. The molecule has 1 fully saturated rings. The molecule has 0 N–H and O–H groups in total. The predicted octanol–water partition coefficient (Wildman–Crippen LogP) is 4.03. The maximum Gasteiger partial charge on any atom is 0.254 e. The van der Waals surface area contributed by atoms with Gasteiger partial charge in [0.15, 0.2) is 0 Å². The lowest BCUT2D eigenvalue weighted by molar-refractivity contribution is 0.0630. The third-order valence-electron chi connectivity index (χ3n) is 4.99. The zero-order chi connectivity index (χ0) is 19.0. The smallest absolute Gasteiger partial charge is 0.254 e. The number of aryl methyl sites for hydroxylation is 2. The van der Waals surface area contributed by atoms with Crippen molar-refractivity contribution >= 4 is 44.2 Å². The number of hydrogen-bond donors (Lipinski definition) is 0. The molecule has 0 aliphatic carbocycles. The van der Waals surface area contributed by atoms with E-state index in [1.165, 1.54) is 4.88 Å². The highest BCUT2D eigenvalue weighted by Crippen LogP contribution is 2.24. The van der Waals surface area contributed by atoms with Crippen molar-refractivity contribution in [3.05, 3.63) is 55.9 Å². The van der Waals surface area contributed by atoms with E-state index in [4.69, 9.17) is 0 Å². The summed E-state index contributed by atoms with van der Waals surface area (Å²) >= 11 is 5.28. The number of hydrogen-bond acceptors (Lipinski definition) is 5. The molecule has 0 saturated carbocycles. The van der Waals surface area contributed by atoms with Crippen molar-refractivity contribution in [2.24, 2.45) is 0 Å². The average molecular weight is 445 g/mol. The molecule has 0 radical (unpaired) electrons. The fourth-order valence-electron chi connectivity index (χ4n) is 3.31. The van der Waals surface area contributed by atoms with Crippen LogP contribution in [-0.4, -0.2) is 51.9 Å². The van der Waals surface area contributed by atoms with Gasteiger partial charge in [0.25, 0.3) is 5.91 Å². The Morgan fingerprint density at radius 1 is 1.04 bits per heavy atom. The number of carbonyl (C=O) groups is 1. The molecule has 1 amide bonds. The van der Waals surface area contributed by atoms with Crippen LogP contribution in [0.15, 0.2) is 34.1 Å². The van der Waals surface area contributed by atoms with Crippen molar-refractivity contribution in [2.45, 2.75) is 20.4 Å². The van der Waals surface area contributed by atoms with Gasteiger partial charge in [-0.15, -0.1) is 11.3 Å². The molecule has 1 saturated heterocycles. The van der Waals surface area contributed by atoms with Gasteiger partial charge in [-0.1, -0.05) is 0 Å². The van der Waals surface area contributed by atoms with E-state index < -0.39 is 0 Å². The third kappa shape index (κ3) is 4.05. The molecule has 0 spiro atoms. The highest BCUT2D eigenvalue weighted by Gasteiger charge is 2.23. The molecule has 0 bridgehead atoms. The summed E-state index contributed by atoms with van der Waals surface area (Å²) in [6, 6.07) is 9.88. The number of rotatable bonds is 3. The number of halogens is 1. The van der Waals surface area contributed by atoms with E-state index in [0.717, 1.165) is 58.9 Å². The van der Waals surface area contributed by atoms with Gasteiger partial charge >= 0.3 is 0 Å². The highest BCUT2D eigenvalue weighted by atomic mass is 79.9. The summed E-state index contributed by atoms with van der Waals surface area (Å²) in [7, 11) is 0. The van der Waals surface area contributed by atoms with E-state index in [1.54, 1.807) is 11.3 Å². The lowest BCUT2D eigenvalue weighted by Gasteiger charge is -2.34. The maximum absolute atomic E-state index is 12.9. The van der Waals surface area contributed by atoms with Gasteiger partial charge < -0.3 is 4.90 Å². The Hall–Kier alpha value is -1.83. The second kappa shape index (κ2) is 7.66. The summed E-state index contributed by atoms with van der Waals surface area (Å²) in [5.74, 6) is 0.0791. The monoisotopic (exact) mass is 444 g/mol. The van der Waals surface area contributed by atoms with Crippen molar-refractivity contribution in [1.82, 2.24) is 19.8 Å². The quantitative estimate of drug-likeness (QED) is 0.611. The van der Waals surface area contributed by atoms with Crippen LogP contribution < -0.4 is 0 Å². The molecular formula is C20H21BrN4OS. The molecule has 3 aromatic rings. The van der Waals surface area contributed by atoms with E-state index >= 15 is 0 Å². The van der Waals surface area contributed by atoms with Crippen molar-refractivity contribution in [2.75, 3.05) is 26.2 Å². The Kier molecular flexibility index (Phi) is 5.25. The SMILES string of the molecule is Cc1nc2ccc(C(=O)N3CCN(Cc4ccc(Br)s4)CC3)cc2nc1C. The summed E-state index contributed by atoms with van der Waals surface area (Å²) in [6.45, 7) is 8.14. The maximum atomic E-state index is 12.9. The second-order valence-corrected chi connectivity index (χ2v) is 9.42. The minimum atomic E-state index is 0.0791. The first-order chi connectivity index (χ1) is 13.0. The molecule has 1 aromatic carbocycles. The average Bonchev–Trinajstić information content (AvgIpc) is 3.07. The van der Waals surface area contributed by atoms with E-state index in [2.05, 4.69) is 42.9 Å². The minimum Gasteiger partial charge on any atom is -0.336 e. The Morgan fingerprint density at radius 3 is 2.41 bits per heavy atom.